The first kappa shape index (κ1) is 16.7. The van der Waals surface area contributed by atoms with Gasteiger partial charge in [0, 0.05) is 18.5 Å². The summed E-state index contributed by atoms with van der Waals surface area (Å²) in [7, 11) is 0. The molecule has 0 aromatic heterocycles. The lowest BCUT2D eigenvalue weighted by molar-refractivity contribution is -0.186. The predicted octanol–water partition coefficient (Wildman–Crippen LogP) is -0.247. The van der Waals surface area contributed by atoms with Crippen LogP contribution in [0, 0.1) is 11.8 Å². The molecule has 0 aromatic rings. The fourth-order valence-electron chi connectivity index (χ4n) is 3.61. The average molecular weight is 301 g/mol. The lowest BCUT2D eigenvalue weighted by Gasteiger charge is -2.33. The number of hydrogen-bond donors (Lipinski definition) is 3. The van der Waals surface area contributed by atoms with Crippen LogP contribution in [-0.2, 0) is 9.53 Å². The van der Waals surface area contributed by atoms with Gasteiger partial charge in [-0.05, 0) is 32.2 Å². The summed E-state index contributed by atoms with van der Waals surface area (Å²) in [6.45, 7) is 6.71. The van der Waals surface area contributed by atoms with E-state index in [2.05, 4.69) is 4.90 Å². The Hall–Kier alpha value is -0.690. The molecule has 0 spiro atoms. The first-order chi connectivity index (χ1) is 9.78. The molecule has 0 aromatic carbocycles. The Bertz CT molecular complexity index is 376. The molecule has 0 unspecified atom stereocenters. The minimum Gasteiger partial charge on any atom is -0.463 e. The van der Waals surface area contributed by atoms with Gasteiger partial charge in [-0.1, -0.05) is 13.8 Å². The molecule has 6 nitrogen and oxygen atoms in total. The van der Waals surface area contributed by atoms with Crippen molar-refractivity contribution in [2.75, 3.05) is 19.7 Å². The Balaban J connectivity index is 1.95. The van der Waals surface area contributed by atoms with E-state index >= 15 is 0 Å². The van der Waals surface area contributed by atoms with Gasteiger partial charge in [0.25, 0.3) is 0 Å². The van der Waals surface area contributed by atoms with Gasteiger partial charge in [-0.2, -0.15) is 0 Å². The largest absolute Gasteiger partial charge is 0.463 e. The smallest absolute Gasteiger partial charge is 0.341 e. The highest BCUT2D eigenvalue weighted by Crippen LogP contribution is 2.33. The first-order valence-corrected chi connectivity index (χ1v) is 7.78. The summed E-state index contributed by atoms with van der Waals surface area (Å²) >= 11 is 0. The second-order valence-electron chi connectivity index (χ2n) is 6.69. The topological polar surface area (TPSA) is 90.2 Å². The monoisotopic (exact) mass is 301 g/mol. The van der Waals surface area contributed by atoms with Crippen LogP contribution in [0.2, 0.25) is 0 Å². The predicted molar refractivity (Wildman–Crippen MR) is 76.5 cm³/mol. The third-order valence-electron chi connectivity index (χ3n) is 5.07. The fraction of sp³-hybridized carbons (Fsp3) is 0.933. The maximum Gasteiger partial charge on any atom is 0.341 e. The number of carbonyl (C=O) groups excluding carboxylic acids is 1. The van der Waals surface area contributed by atoms with Crippen LogP contribution in [0.15, 0.2) is 0 Å². The Labute approximate surface area is 125 Å². The van der Waals surface area contributed by atoms with Gasteiger partial charge in [0.2, 0.25) is 0 Å². The molecule has 5 atom stereocenters. The summed E-state index contributed by atoms with van der Waals surface area (Å²) in [5, 5.41) is 30.1. The van der Waals surface area contributed by atoms with Crippen molar-refractivity contribution in [2.24, 2.45) is 11.8 Å². The van der Waals surface area contributed by atoms with Gasteiger partial charge in [-0.25, -0.2) is 4.79 Å². The van der Waals surface area contributed by atoms with E-state index in [0.29, 0.717) is 0 Å². The first-order valence-electron chi connectivity index (χ1n) is 7.78. The van der Waals surface area contributed by atoms with Crippen LogP contribution in [0.25, 0.3) is 0 Å². The number of carbonyl (C=O) groups is 1. The molecular weight excluding hydrogens is 274 g/mol. The molecule has 0 amide bonds. The molecule has 2 aliphatic rings. The summed E-state index contributed by atoms with van der Waals surface area (Å²) in [6, 6.07) is 0.0523. The Morgan fingerprint density at radius 1 is 1.33 bits per heavy atom. The van der Waals surface area contributed by atoms with Crippen molar-refractivity contribution in [3.63, 3.8) is 0 Å². The van der Waals surface area contributed by atoms with Gasteiger partial charge in [0.15, 0.2) is 5.60 Å². The molecule has 0 aliphatic carbocycles. The van der Waals surface area contributed by atoms with E-state index in [4.69, 9.17) is 4.74 Å². The van der Waals surface area contributed by atoms with Gasteiger partial charge in [0.05, 0.1) is 18.8 Å². The van der Waals surface area contributed by atoms with Crippen molar-refractivity contribution in [2.45, 2.75) is 57.5 Å². The van der Waals surface area contributed by atoms with Crippen LogP contribution in [0.1, 0.15) is 33.6 Å². The molecular formula is C15H27NO5. The summed E-state index contributed by atoms with van der Waals surface area (Å²) in [6.07, 6.45) is 0.0850. The minimum atomic E-state index is -1.88. The van der Waals surface area contributed by atoms with E-state index in [1.165, 1.54) is 6.92 Å². The highest BCUT2D eigenvalue weighted by molar-refractivity contribution is 5.80. The Morgan fingerprint density at radius 3 is 2.52 bits per heavy atom. The van der Waals surface area contributed by atoms with Crippen LogP contribution in [0.5, 0.6) is 0 Å². The van der Waals surface area contributed by atoms with Gasteiger partial charge < -0.3 is 20.1 Å². The van der Waals surface area contributed by atoms with Crippen molar-refractivity contribution < 1.29 is 24.9 Å². The third kappa shape index (κ3) is 2.95. The molecule has 2 heterocycles. The zero-order valence-corrected chi connectivity index (χ0v) is 13.0. The van der Waals surface area contributed by atoms with Crippen LogP contribution in [0.3, 0.4) is 0 Å². The number of aliphatic hydroxyl groups is 3. The highest BCUT2D eigenvalue weighted by atomic mass is 16.6. The number of esters is 1. The molecule has 2 aliphatic heterocycles. The molecule has 0 saturated carbocycles. The van der Waals surface area contributed by atoms with Crippen molar-refractivity contribution >= 4 is 5.97 Å². The van der Waals surface area contributed by atoms with Crippen molar-refractivity contribution in [1.82, 2.24) is 4.90 Å². The standard InChI is InChI=1S/C15H27NO5/c1-9(2)15(20,10(3)17)14(19)21-8-11-4-6-16-7-5-12(18)13(11)16/h9-13,17-18,20H,4-8H2,1-3H3/t10-,11-,12+,13-,15+/m0/s1. The molecule has 21 heavy (non-hydrogen) atoms. The van der Waals surface area contributed by atoms with E-state index in [1.807, 2.05) is 0 Å². The second kappa shape index (κ2) is 6.20. The van der Waals surface area contributed by atoms with Gasteiger partial charge in [-0.15, -0.1) is 0 Å². The van der Waals surface area contributed by atoms with Crippen LogP contribution < -0.4 is 0 Å². The van der Waals surface area contributed by atoms with Crippen molar-refractivity contribution in [3.8, 4) is 0 Å². The summed E-state index contributed by atoms with van der Waals surface area (Å²) in [4.78, 5) is 14.4. The van der Waals surface area contributed by atoms with Gasteiger partial charge in [0.1, 0.15) is 0 Å². The fourth-order valence-corrected chi connectivity index (χ4v) is 3.61. The number of rotatable bonds is 5. The summed E-state index contributed by atoms with van der Waals surface area (Å²) in [5.74, 6) is -1.13. The van der Waals surface area contributed by atoms with E-state index in [1.54, 1.807) is 13.8 Å². The van der Waals surface area contributed by atoms with E-state index in [9.17, 15) is 20.1 Å². The maximum atomic E-state index is 12.2. The van der Waals surface area contributed by atoms with E-state index in [0.717, 1.165) is 25.9 Å². The normalized spacial score (nSPS) is 33.8. The molecule has 2 fully saturated rings. The number of ether oxygens (including phenoxy) is 1. The lowest BCUT2D eigenvalue weighted by Crippen LogP contribution is -2.53. The number of aliphatic hydroxyl groups excluding tert-OH is 2. The molecule has 3 N–H and O–H groups in total. The number of fused-ring (bicyclic) bond motifs is 1. The second-order valence-corrected chi connectivity index (χ2v) is 6.69. The lowest BCUT2D eigenvalue weighted by atomic mass is 9.85. The summed E-state index contributed by atoms with van der Waals surface area (Å²) < 4.78 is 5.28. The zero-order chi connectivity index (χ0) is 15.8. The van der Waals surface area contributed by atoms with E-state index < -0.39 is 23.6 Å². The highest BCUT2D eigenvalue weighted by Gasteiger charge is 2.47. The maximum absolute atomic E-state index is 12.2. The van der Waals surface area contributed by atoms with Gasteiger partial charge >= 0.3 is 5.97 Å². The van der Waals surface area contributed by atoms with Crippen LogP contribution >= 0.6 is 0 Å². The van der Waals surface area contributed by atoms with Crippen LogP contribution in [0.4, 0.5) is 0 Å². The third-order valence-corrected chi connectivity index (χ3v) is 5.07. The summed E-state index contributed by atoms with van der Waals surface area (Å²) in [5.41, 5.74) is -1.88. The molecule has 6 heteroatoms. The zero-order valence-electron chi connectivity index (χ0n) is 13.0. The Kier molecular flexibility index (Phi) is 4.92. The van der Waals surface area contributed by atoms with Crippen molar-refractivity contribution in [1.29, 1.82) is 0 Å². The SMILES string of the molecule is CC(C)[C@](O)(C(=O)OC[C@@H]1CCN2CC[C@@H](O)[C@H]12)[C@H](C)O. The molecule has 2 saturated heterocycles. The van der Waals surface area contributed by atoms with Gasteiger partial charge in [-0.3, -0.25) is 4.90 Å². The molecule has 0 radical (unpaired) electrons. The van der Waals surface area contributed by atoms with Crippen molar-refractivity contribution in [3.05, 3.63) is 0 Å². The quantitative estimate of drug-likeness (QED) is 0.607. The number of nitrogens with zero attached hydrogens (tertiary/aromatic N) is 1. The molecule has 2 rings (SSSR count). The molecule has 122 valence electrons. The molecule has 0 bridgehead atoms. The average Bonchev–Trinajstić information content (AvgIpc) is 2.98. The minimum absolute atomic E-state index is 0.0523. The Morgan fingerprint density at radius 2 is 1.95 bits per heavy atom. The van der Waals surface area contributed by atoms with E-state index in [-0.39, 0.29) is 24.7 Å². The number of hydrogen-bond acceptors (Lipinski definition) is 6. The van der Waals surface area contributed by atoms with Crippen LogP contribution in [-0.4, -0.2) is 69.7 Å².